The van der Waals surface area contributed by atoms with Crippen molar-refractivity contribution in [3.8, 4) is 0 Å². The van der Waals surface area contributed by atoms with E-state index in [9.17, 15) is 4.79 Å². The largest absolute Gasteiger partial charge is 0.374 e. The first kappa shape index (κ1) is 20.0. The fourth-order valence-electron chi connectivity index (χ4n) is 4.47. The van der Waals surface area contributed by atoms with Crippen LogP contribution in [0.3, 0.4) is 0 Å². The monoisotopic (exact) mass is 436 g/mol. The van der Waals surface area contributed by atoms with Crippen molar-refractivity contribution in [3.63, 3.8) is 0 Å². The Morgan fingerprint density at radius 3 is 2.84 bits per heavy atom. The standard InChI is InChI=1S/C23H25ClN6O/c1-16(27-19-7-8-26-30-12-9-25-22(19)30)20-15-17-5-4-6-18(24)21(17)23(31)29(20)14-13-28-10-2-3-11-28/h4-9,12,15-16,27H,2-3,10-11,13-14H2,1H3/t16-/m0/s1. The first-order valence-corrected chi connectivity index (χ1v) is 11.1. The Labute approximate surface area is 185 Å². The van der Waals surface area contributed by atoms with Crippen LogP contribution in [0.5, 0.6) is 0 Å². The van der Waals surface area contributed by atoms with Gasteiger partial charge in [0.15, 0.2) is 5.65 Å². The summed E-state index contributed by atoms with van der Waals surface area (Å²) in [6.45, 7) is 5.76. The predicted molar refractivity (Wildman–Crippen MR) is 124 cm³/mol. The van der Waals surface area contributed by atoms with E-state index in [4.69, 9.17) is 11.6 Å². The maximum Gasteiger partial charge on any atom is 0.260 e. The van der Waals surface area contributed by atoms with Crippen LogP contribution in [0.15, 0.2) is 53.7 Å². The number of imidazole rings is 1. The van der Waals surface area contributed by atoms with Gasteiger partial charge in [0.2, 0.25) is 0 Å². The van der Waals surface area contributed by atoms with Crippen LogP contribution < -0.4 is 10.9 Å². The molecule has 0 spiro atoms. The number of fused-ring (bicyclic) bond motifs is 2. The minimum absolute atomic E-state index is 0.0355. The molecular weight excluding hydrogens is 412 g/mol. The second kappa shape index (κ2) is 8.32. The van der Waals surface area contributed by atoms with E-state index >= 15 is 0 Å². The van der Waals surface area contributed by atoms with E-state index in [1.54, 1.807) is 23.0 Å². The fourth-order valence-corrected chi connectivity index (χ4v) is 4.73. The summed E-state index contributed by atoms with van der Waals surface area (Å²) in [5.41, 5.74) is 2.52. The maximum absolute atomic E-state index is 13.5. The third-order valence-electron chi connectivity index (χ3n) is 6.07. The van der Waals surface area contributed by atoms with E-state index in [1.165, 1.54) is 12.8 Å². The summed E-state index contributed by atoms with van der Waals surface area (Å²) in [5.74, 6) is 0. The van der Waals surface area contributed by atoms with Gasteiger partial charge in [0.05, 0.1) is 28.3 Å². The molecule has 0 unspecified atom stereocenters. The van der Waals surface area contributed by atoms with Crippen LogP contribution in [0, 0.1) is 0 Å². The van der Waals surface area contributed by atoms with Crippen LogP contribution in [-0.4, -0.2) is 43.7 Å². The molecule has 7 nitrogen and oxygen atoms in total. The van der Waals surface area contributed by atoms with Crippen molar-refractivity contribution in [2.24, 2.45) is 0 Å². The molecule has 5 rings (SSSR count). The average molecular weight is 437 g/mol. The number of hydrogen-bond donors (Lipinski definition) is 1. The number of nitrogens with one attached hydrogen (secondary N) is 1. The Kier molecular flexibility index (Phi) is 5.38. The molecular formula is C23H25ClN6O. The number of anilines is 1. The number of likely N-dealkylation sites (tertiary alicyclic amines) is 1. The molecule has 0 radical (unpaired) electrons. The summed E-state index contributed by atoms with van der Waals surface area (Å²) in [5, 5.41) is 9.75. The van der Waals surface area contributed by atoms with E-state index in [2.05, 4.69) is 33.3 Å². The first-order valence-electron chi connectivity index (χ1n) is 10.7. The molecule has 1 aromatic carbocycles. The van der Waals surface area contributed by atoms with E-state index in [-0.39, 0.29) is 11.6 Å². The van der Waals surface area contributed by atoms with Gasteiger partial charge in [-0.25, -0.2) is 9.50 Å². The third-order valence-corrected chi connectivity index (χ3v) is 6.38. The molecule has 1 aliphatic heterocycles. The van der Waals surface area contributed by atoms with Crippen LogP contribution >= 0.6 is 11.6 Å². The molecule has 1 N–H and O–H groups in total. The first-order chi connectivity index (χ1) is 15.1. The maximum atomic E-state index is 13.5. The van der Waals surface area contributed by atoms with E-state index in [0.29, 0.717) is 17.0 Å². The van der Waals surface area contributed by atoms with Crippen LogP contribution in [0.1, 0.15) is 31.5 Å². The molecule has 31 heavy (non-hydrogen) atoms. The van der Waals surface area contributed by atoms with Crippen molar-refractivity contribution >= 4 is 33.7 Å². The zero-order valence-electron chi connectivity index (χ0n) is 17.5. The van der Waals surface area contributed by atoms with Crippen molar-refractivity contribution in [1.29, 1.82) is 0 Å². The summed E-state index contributed by atoms with van der Waals surface area (Å²) in [4.78, 5) is 20.3. The highest BCUT2D eigenvalue weighted by Crippen LogP contribution is 2.26. The Morgan fingerprint density at radius 1 is 1.16 bits per heavy atom. The van der Waals surface area contributed by atoms with Crippen LogP contribution in [0.4, 0.5) is 5.69 Å². The van der Waals surface area contributed by atoms with Gasteiger partial charge >= 0.3 is 0 Å². The Morgan fingerprint density at radius 2 is 2.00 bits per heavy atom. The Hall–Kier alpha value is -2.90. The predicted octanol–water partition coefficient (Wildman–Crippen LogP) is 3.97. The van der Waals surface area contributed by atoms with Gasteiger partial charge in [-0.05, 0) is 56.4 Å². The number of pyridine rings is 1. The zero-order chi connectivity index (χ0) is 21.4. The number of rotatable bonds is 6. The SMILES string of the molecule is C[C@H](Nc1ccnn2ccnc12)c1cc2cccc(Cl)c2c(=O)n1CCN1CCCC1. The minimum Gasteiger partial charge on any atom is -0.374 e. The molecule has 8 heteroatoms. The molecule has 0 bridgehead atoms. The molecule has 0 saturated carbocycles. The molecule has 1 saturated heterocycles. The molecule has 4 heterocycles. The van der Waals surface area contributed by atoms with Crippen LogP contribution in [0.25, 0.3) is 16.4 Å². The molecule has 1 atom stereocenters. The average Bonchev–Trinajstić information content (AvgIpc) is 3.45. The topological polar surface area (TPSA) is 67.5 Å². The molecule has 0 amide bonds. The summed E-state index contributed by atoms with van der Waals surface area (Å²) in [7, 11) is 0. The number of hydrogen-bond acceptors (Lipinski definition) is 5. The summed E-state index contributed by atoms with van der Waals surface area (Å²) < 4.78 is 3.61. The number of aromatic nitrogens is 4. The lowest BCUT2D eigenvalue weighted by Gasteiger charge is -2.23. The lowest BCUT2D eigenvalue weighted by molar-refractivity contribution is 0.318. The third kappa shape index (κ3) is 3.79. The van der Waals surface area contributed by atoms with Gasteiger partial charge in [0, 0.05) is 31.2 Å². The highest BCUT2D eigenvalue weighted by molar-refractivity contribution is 6.35. The lowest BCUT2D eigenvalue weighted by Crippen LogP contribution is -2.32. The molecule has 1 aliphatic rings. The van der Waals surface area contributed by atoms with Gasteiger partial charge in [-0.15, -0.1) is 0 Å². The van der Waals surface area contributed by atoms with E-state index in [1.807, 2.05) is 29.0 Å². The number of halogens is 1. The van der Waals surface area contributed by atoms with Crippen molar-refractivity contribution in [2.45, 2.75) is 32.4 Å². The number of nitrogens with zero attached hydrogens (tertiary/aromatic N) is 5. The molecule has 1 fully saturated rings. The summed E-state index contributed by atoms with van der Waals surface area (Å²) in [6.07, 6.45) is 7.74. The lowest BCUT2D eigenvalue weighted by atomic mass is 10.1. The molecule has 160 valence electrons. The smallest absolute Gasteiger partial charge is 0.260 e. The fraction of sp³-hybridized carbons (Fsp3) is 0.348. The van der Waals surface area contributed by atoms with Gasteiger partial charge < -0.3 is 14.8 Å². The Bertz CT molecular complexity index is 1290. The molecule has 3 aromatic heterocycles. The molecule has 4 aromatic rings. The minimum atomic E-state index is -0.113. The van der Waals surface area contributed by atoms with Crippen LogP contribution in [-0.2, 0) is 6.54 Å². The summed E-state index contributed by atoms with van der Waals surface area (Å²) in [6, 6.07) is 9.49. The van der Waals surface area contributed by atoms with Gasteiger partial charge in [-0.3, -0.25) is 4.79 Å². The van der Waals surface area contributed by atoms with Crippen molar-refractivity contribution in [3.05, 3.63) is 70.0 Å². The van der Waals surface area contributed by atoms with E-state index < -0.39 is 0 Å². The van der Waals surface area contributed by atoms with Crippen molar-refractivity contribution in [1.82, 2.24) is 24.1 Å². The molecule has 0 aliphatic carbocycles. The second-order valence-corrected chi connectivity index (χ2v) is 8.49. The zero-order valence-corrected chi connectivity index (χ0v) is 18.2. The summed E-state index contributed by atoms with van der Waals surface area (Å²) >= 11 is 6.42. The van der Waals surface area contributed by atoms with Gasteiger partial charge in [-0.2, -0.15) is 5.10 Å². The van der Waals surface area contributed by atoms with Crippen molar-refractivity contribution < 1.29 is 0 Å². The van der Waals surface area contributed by atoms with Crippen LogP contribution in [0.2, 0.25) is 5.02 Å². The highest BCUT2D eigenvalue weighted by atomic mass is 35.5. The number of benzene rings is 1. The van der Waals surface area contributed by atoms with Gasteiger partial charge in [0.25, 0.3) is 5.56 Å². The van der Waals surface area contributed by atoms with Gasteiger partial charge in [-0.1, -0.05) is 23.7 Å². The Balaban J connectivity index is 1.55. The normalized spacial score (nSPS) is 15.7. The van der Waals surface area contributed by atoms with E-state index in [0.717, 1.165) is 42.0 Å². The van der Waals surface area contributed by atoms with Crippen molar-refractivity contribution in [2.75, 3.05) is 25.0 Å². The highest BCUT2D eigenvalue weighted by Gasteiger charge is 2.19. The van der Waals surface area contributed by atoms with Gasteiger partial charge in [0.1, 0.15) is 0 Å². The quantitative estimate of drug-likeness (QED) is 0.495. The second-order valence-electron chi connectivity index (χ2n) is 8.09.